The van der Waals surface area contributed by atoms with Gasteiger partial charge >= 0.3 is 0 Å². The van der Waals surface area contributed by atoms with E-state index in [1.54, 1.807) is 16.9 Å². The van der Waals surface area contributed by atoms with Gasteiger partial charge in [-0.05, 0) is 49.2 Å². The number of fused-ring (bicyclic) bond motifs is 1. The molecule has 1 aromatic carbocycles. The van der Waals surface area contributed by atoms with E-state index in [0.717, 1.165) is 48.2 Å². The molecule has 31 heavy (non-hydrogen) atoms. The molecule has 0 bridgehead atoms. The lowest BCUT2D eigenvalue weighted by Crippen LogP contribution is -2.22. The van der Waals surface area contributed by atoms with Gasteiger partial charge in [0.25, 0.3) is 0 Å². The summed E-state index contributed by atoms with van der Waals surface area (Å²) in [5, 5.41) is 16.3. The average Bonchev–Trinajstić information content (AvgIpc) is 3.23. The Balaban J connectivity index is 1.56. The summed E-state index contributed by atoms with van der Waals surface area (Å²) in [4.78, 5) is 16.6. The summed E-state index contributed by atoms with van der Waals surface area (Å²) in [7, 11) is 0. The number of amides is 1. The molecule has 7 nitrogen and oxygen atoms in total. The molecule has 0 saturated heterocycles. The fraction of sp³-hybridized carbons (Fsp3) is 0.292. The third-order valence-electron chi connectivity index (χ3n) is 5.29. The lowest BCUT2D eigenvalue weighted by molar-refractivity contribution is -0.120. The summed E-state index contributed by atoms with van der Waals surface area (Å²) in [6.45, 7) is 4.23. The maximum atomic E-state index is 12.6. The highest BCUT2D eigenvalue weighted by Crippen LogP contribution is 2.23. The van der Waals surface area contributed by atoms with Crippen molar-refractivity contribution in [3.8, 4) is 22.6 Å². The van der Waals surface area contributed by atoms with E-state index in [4.69, 9.17) is 5.10 Å². The number of benzene rings is 1. The van der Waals surface area contributed by atoms with Crippen molar-refractivity contribution in [1.29, 1.82) is 0 Å². The summed E-state index contributed by atoms with van der Waals surface area (Å²) in [6.07, 6.45) is 7.30. The van der Waals surface area contributed by atoms with Gasteiger partial charge in [-0.15, -0.1) is 10.2 Å². The van der Waals surface area contributed by atoms with E-state index in [-0.39, 0.29) is 11.8 Å². The van der Waals surface area contributed by atoms with E-state index in [9.17, 15) is 4.79 Å². The number of rotatable bonds is 8. The van der Waals surface area contributed by atoms with Crippen LogP contribution in [0.25, 0.3) is 28.3 Å². The van der Waals surface area contributed by atoms with Crippen LogP contribution in [0.2, 0.25) is 0 Å². The standard InChI is InChI=1S/C24H26N6O/c1-3-5-19(6-4-2)24(31)26-20-9-7-17(8-10-20)21-11-12-22-27-28-23(30(22)29-21)18-13-15-25-16-14-18/h7-16,19H,3-6H2,1-2H3,(H,26,31). The Morgan fingerprint density at radius 3 is 2.29 bits per heavy atom. The van der Waals surface area contributed by atoms with Gasteiger partial charge in [-0.1, -0.05) is 38.8 Å². The molecule has 0 aliphatic carbocycles. The Hall–Kier alpha value is -3.61. The second-order valence-corrected chi connectivity index (χ2v) is 7.59. The number of nitrogens with zero attached hydrogens (tertiary/aromatic N) is 5. The van der Waals surface area contributed by atoms with Crippen LogP contribution < -0.4 is 5.32 Å². The molecular formula is C24H26N6O. The van der Waals surface area contributed by atoms with Gasteiger partial charge in [0.15, 0.2) is 11.5 Å². The quantitative estimate of drug-likeness (QED) is 0.438. The second-order valence-electron chi connectivity index (χ2n) is 7.59. The maximum Gasteiger partial charge on any atom is 0.227 e. The first-order valence-corrected chi connectivity index (χ1v) is 10.7. The van der Waals surface area contributed by atoms with Crippen LogP contribution in [0.3, 0.4) is 0 Å². The molecule has 4 aromatic rings. The van der Waals surface area contributed by atoms with Crippen LogP contribution in [-0.2, 0) is 4.79 Å². The number of hydrogen-bond donors (Lipinski definition) is 1. The van der Waals surface area contributed by atoms with Gasteiger partial charge < -0.3 is 5.32 Å². The number of anilines is 1. The zero-order chi connectivity index (χ0) is 21.6. The van der Waals surface area contributed by atoms with Gasteiger partial charge in [0.2, 0.25) is 5.91 Å². The summed E-state index contributed by atoms with van der Waals surface area (Å²) in [5.74, 6) is 0.836. The van der Waals surface area contributed by atoms with E-state index < -0.39 is 0 Å². The predicted octanol–water partition coefficient (Wildman–Crippen LogP) is 5.01. The third kappa shape index (κ3) is 4.60. The van der Waals surface area contributed by atoms with Crippen molar-refractivity contribution in [3.05, 3.63) is 60.9 Å². The molecule has 0 spiro atoms. The zero-order valence-electron chi connectivity index (χ0n) is 17.8. The van der Waals surface area contributed by atoms with Crippen LogP contribution in [-0.4, -0.2) is 30.7 Å². The summed E-state index contributed by atoms with van der Waals surface area (Å²) >= 11 is 0. The largest absolute Gasteiger partial charge is 0.326 e. The molecule has 3 heterocycles. The summed E-state index contributed by atoms with van der Waals surface area (Å²) in [5.41, 5.74) is 4.13. The molecule has 1 amide bonds. The number of hydrogen-bond acceptors (Lipinski definition) is 5. The molecule has 0 aliphatic heterocycles. The Labute approximate surface area is 181 Å². The van der Waals surface area contributed by atoms with Crippen molar-refractivity contribution >= 4 is 17.2 Å². The molecule has 4 rings (SSSR count). The van der Waals surface area contributed by atoms with Gasteiger partial charge in [0, 0.05) is 35.1 Å². The zero-order valence-corrected chi connectivity index (χ0v) is 17.8. The lowest BCUT2D eigenvalue weighted by Gasteiger charge is -2.15. The normalized spacial score (nSPS) is 11.2. The maximum absolute atomic E-state index is 12.6. The van der Waals surface area contributed by atoms with E-state index in [2.05, 4.69) is 34.3 Å². The average molecular weight is 415 g/mol. The van der Waals surface area contributed by atoms with Crippen LogP contribution >= 0.6 is 0 Å². The first-order valence-electron chi connectivity index (χ1n) is 10.7. The lowest BCUT2D eigenvalue weighted by atomic mass is 9.97. The minimum Gasteiger partial charge on any atom is -0.326 e. The molecule has 0 atom stereocenters. The first-order chi connectivity index (χ1) is 15.2. The fourth-order valence-corrected chi connectivity index (χ4v) is 3.70. The summed E-state index contributed by atoms with van der Waals surface area (Å²) in [6, 6.07) is 15.4. The number of aromatic nitrogens is 5. The molecule has 0 unspecified atom stereocenters. The van der Waals surface area contributed by atoms with Gasteiger partial charge in [-0.25, -0.2) is 0 Å². The number of pyridine rings is 1. The smallest absolute Gasteiger partial charge is 0.227 e. The molecule has 158 valence electrons. The van der Waals surface area contributed by atoms with Crippen LogP contribution in [0.15, 0.2) is 60.9 Å². The van der Waals surface area contributed by atoms with Crippen LogP contribution in [0.4, 0.5) is 5.69 Å². The Morgan fingerprint density at radius 2 is 1.61 bits per heavy atom. The second kappa shape index (κ2) is 9.47. The van der Waals surface area contributed by atoms with Crippen LogP contribution in [0, 0.1) is 5.92 Å². The monoisotopic (exact) mass is 414 g/mol. The Bertz CT molecular complexity index is 1150. The topological polar surface area (TPSA) is 85.1 Å². The third-order valence-corrected chi connectivity index (χ3v) is 5.29. The van der Waals surface area contributed by atoms with E-state index in [1.807, 2.05) is 48.5 Å². The molecule has 1 N–H and O–H groups in total. The first kappa shape index (κ1) is 20.7. The number of nitrogens with one attached hydrogen (secondary N) is 1. The minimum absolute atomic E-state index is 0.0686. The highest BCUT2D eigenvalue weighted by Gasteiger charge is 2.17. The molecular weight excluding hydrogens is 388 g/mol. The Kier molecular flexibility index (Phi) is 6.31. The van der Waals surface area contributed by atoms with Crippen LogP contribution in [0.1, 0.15) is 39.5 Å². The molecule has 0 fully saturated rings. The van der Waals surface area contributed by atoms with Gasteiger partial charge in [-0.2, -0.15) is 9.61 Å². The van der Waals surface area contributed by atoms with E-state index >= 15 is 0 Å². The van der Waals surface area contributed by atoms with E-state index in [0.29, 0.717) is 11.5 Å². The fourth-order valence-electron chi connectivity index (χ4n) is 3.70. The molecule has 7 heteroatoms. The van der Waals surface area contributed by atoms with Crippen molar-refractivity contribution in [3.63, 3.8) is 0 Å². The van der Waals surface area contributed by atoms with Gasteiger partial charge in [0.1, 0.15) is 0 Å². The van der Waals surface area contributed by atoms with Crippen molar-refractivity contribution in [2.24, 2.45) is 5.92 Å². The summed E-state index contributed by atoms with van der Waals surface area (Å²) < 4.78 is 1.74. The number of carbonyl (C=O) groups is 1. The minimum atomic E-state index is 0.0686. The SMILES string of the molecule is CCCC(CCC)C(=O)Nc1ccc(-c2ccc3nnc(-c4ccncc4)n3n2)cc1. The highest BCUT2D eigenvalue weighted by molar-refractivity contribution is 5.92. The highest BCUT2D eigenvalue weighted by atomic mass is 16.1. The predicted molar refractivity (Wildman–Crippen MR) is 121 cm³/mol. The van der Waals surface area contributed by atoms with Crippen molar-refractivity contribution in [2.75, 3.05) is 5.32 Å². The molecule has 0 radical (unpaired) electrons. The Morgan fingerprint density at radius 1 is 0.903 bits per heavy atom. The molecule has 0 aliphatic rings. The van der Waals surface area contributed by atoms with Gasteiger partial charge in [0.05, 0.1) is 5.69 Å². The van der Waals surface area contributed by atoms with Crippen molar-refractivity contribution in [2.45, 2.75) is 39.5 Å². The number of carbonyl (C=O) groups excluding carboxylic acids is 1. The molecule has 3 aromatic heterocycles. The van der Waals surface area contributed by atoms with E-state index in [1.165, 1.54) is 0 Å². The van der Waals surface area contributed by atoms with Crippen molar-refractivity contribution < 1.29 is 4.79 Å². The molecule has 0 saturated carbocycles. The van der Waals surface area contributed by atoms with Crippen LogP contribution in [0.5, 0.6) is 0 Å². The van der Waals surface area contributed by atoms with Crippen molar-refractivity contribution in [1.82, 2.24) is 24.8 Å². The van der Waals surface area contributed by atoms with Gasteiger partial charge in [-0.3, -0.25) is 9.78 Å².